The Hall–Kier alpha value is -2.32. The molecule has 112 valence electrons. The molecule has 0 fully saturated rings. The van der Waals surface area contributed by atoms with E-state index in [1.807, 2.05) is 36.4 Å². The molecule has 4 heteroatoms. The molecule has 0 heterocycles. The van der Waals surface area contributed by atoms with Crippen molar-refractivity contribution in [1.82, 2.24) is 0 Å². The molecule has 0 aromatic heterocycles. The highest BCUT2D eigenvalue weighted by molar-refractivity contribution is 5.99. The largest absolute Gasteiger partial charge is 0.468 e. The number of rotatable bonds is 6. The van der Waals surface area contributed by atoms with Crippen LogP contribution in [0.15, 0.2) is 48.2 Å². The summed E-state index contributed by atoms with van der Waals surface area (Å²) in [5, 5.41) is 0. The topological polar surface area (TPSA) is 52.6 Å². The summed E-state index contributed by atoms with van der Waals surface area (Å²) in [5.74, 6) is -1.23. The van der Waals surface area contributed by atoms with Crippen molar-refractivity contribution in [3.8, 4) is 0 Å². The quantitative estimate of drug-likeness (QED) is 0.459. The number of esters is 2. The van der Waals surface area contributed by atoms with E-state index in [0.717, 1.165) is 6.42 Å². The molecule has 0 aliphatic rings. The first-order chi connectivity index (χ1) is 10.0. The van der Waals surface area contributed by atoms with Gasteiger partial charge >= 0.3 is 11.9 Å². The van der Waals surface area contributed by atoms with E-state index in [9.17, 15) is 9.59 Å². The lowest BCUT2D eigenvalue weighted by Crippen LogP contribution is -2.38. The summed E-state index contributed by atoms with van der Waals surface area (Å²) in [6.45, 7) is 1.50. The first-order valence-electron chi connectivity index (χ1n) is 6.64. The van der Waals surface area contributed by atoms with Gasteiger partial charge in [-0.1, -0.05) is 30.3 Å². The van der Waals surface area contributed by atoms with Crippen LogP contribution in [0.3, 0.4) is 0 Å². The van der Waals surface area contributed by atoms with Gasteiger partial charge in [0.05, 0.1) is 14.2 Å². The molecule has 0 spiro atoms. The monoisotopic (exact) mass is 288 g/mol. The molecular weight excluding hydrogens is 268 g/mol. The number of methoxy groups -OCH3 is 2. The predicted octanol–water partition coefficient (Wildman–Crippen LogP) is 2.68. The van der Waals surface area contributed by atoms with Crippen molar-refractivity contribution in [3.63, 3.8) is 0 Å². The molecule has 1 rings (SSSR count). The Morgan fingerprint density at radius 1 is 1.10 bits per heavy atom. The van der Waals surface area contributed by atoms with Gasteiger partial charge in [0.15, 0.2) is 5.41 Å². The number of carbonyl (C=O) groups is 2. The lowest BCUT2D eigenvalue weighted by molar-refractivity contribution is -0.167. The Labute approximate surface area is 125 Å². The average Bonchev–Trinajstić information content (AvgIpc) is 2.53. The summed E-state index contributed by atoms with van der Waals surface area (Å²) in [6.07, 6.45) is 4.42. The third-order valence-electron chi connectivity index (χ3n) is 3.20. The molecule has 0 saturated heterocycles. The van der Waals surface area contributed by atoms with Crippen LogP contribution in [0, 0.1) is 5.41 Å². The summed E-state index contributed by atoms with van der Waals surface area (Å²) < 4.78 is 9.33. The van der Waals surface area contributed by atoms with E-state index in [0.29, 0.717) is 0 Å². The Kier molecular flexibility index (Phi) is 6.44. The minimum Gasteiger partial charge on any atom is -0.468 e. The van der Waals surface area contributed by atoms with Crippen LogP contribution in [0.4, 0.5) is 0 Å². The van der Waals surface area contributed by atoms with Crippen molar-refractivity contribution < 1.29 is 19.1 Å². The third kappa shape index (κ3) is 4.62. The molecule has 0 N–H and O–H groups in total. The molecule has 0 saturated carbocycles. The third-order valence-corrected chi connectivity index (χ3v) is 3.20. The molecule has 0 amide bonds. The van der Waals surface area contributed by atoms with Crippen molar-refractivity contribution >= 4 is 11.9 Å². The SMILES string of the molecule is COC(=O)C(C)(CC=C=CCc1ccccc1)C(=O)OC. The second-order valence-electron chi connectivity index (χ2n) is 4.78. The molecule has 0 aliphatic carbocycles. The Morgan fingerprint density at radius 2 is 1.67 bits per heavy atom. The van der Waals surface area contributed by atoms with Gasteiger partial charge in [-0.05, 0) is 37.5 Å². The van der Waals surface area contributed by atoms with E-state index in [-0.39, 0.29) is 6.42 Å². The van der Waals surface area contributed by atoms with Crippen LogP contribution in [-0.2, 0) is 25.5 Å². The van der Waals surface area contributed by atoms with Gasteiger partial charge in [-0.2, -0.15) is 0 Å². The van der Waals surface area contributed by atoms with Crippen molar-refractivity contribution in [2.75, 3.05) is 14.2 Å². The fourth-order valence-electron chi connectivity index (χ4n) is 1.84. The van der Waals surface area contributed by atoms with Crippen molar-refractivity contribution in [1.29, 1.82) is 0 Å². The van der Waals surface area contributed by atoms with E-state index in [4.69, 9.17) is 0 Å². The Bertz CT molecular complexity index is 523. The summed E-state index contributed by atoms with van der Waals surface area (Å²) in [7, 11) is 2.50. The molecule has 0 atom stereocenters. The van der Waals surface area contributed by atoms with Gasteiger partial charge in [0.2, 0.25) is 0 Å². The van der Waals surface area contributed by atoms with Gasteiger partial charge in [-0.15, -0.1) is 5.73 Å². The van der Waals surface area contributed by atoms with Crippen LogP contribution in [0.25, 0.3) is 0 Å². The minimum absolute atomic E-state index is 0.178. The van der Waals surface area contributed by atoms with Crippen LogP contribution < -0.4 is 0 Å². The number of carbonyl (C=O) groups excluding carboxylic acids is 2. The van der Waals surface area contributed by atoms with Gasteiger partial charge in [-0.25, -0.2) is 0 Å². The smallest absolute Gasteiger partial charge is 0.323 e. The molecular formula is C17H20O4. The Morgan fingerprint density at radius 3 is 2.19 bits per heavy atom. The molecule has 0 aliphatic heterocycles. The van der Waals surface area contributed by atoms with Crippen molar-refractivity contribution in [3.05, 3.63) is 53.8 Å². The van der Waals surface area contributed by atoms with Gasteiger partial charge in [0, 0.05) is 0 Å². The molecule has 1 aromatic carbocycles. The molecule has 0 bridgehead atoms. The summed E-state index contributed by atoms with van der Waals surface area (Å²) in [6, 6.07) is 9.94. The zero-order valence-corrected chi connectivity index (χ0v) is 12.6. The number of allylic oxidation sites excluding steroid dienone is 1. The summed E-state index contributed by atoms with van der Waals surface area (Å²) in [4.78, 5) is 23.5. The molecule has 4 nitrogen and oxygen atoms in total. The minimum atomic E-state index is -1.34. The highest BCUT2D eigenvalue weighted by Gasteiger charge is 2.42. The van der Waals surface area contributed by atoms with Crippen LogP contribution in [-0.4, -0.2) is 26.2 Å². The van der Waals surface area contributed by atoms with Crippen LogP contribution in [0.1, 0.15) is 18.9 Å². The lowest BCUT2D eigenvalue weighted by atomic mass is 9.87. The Balaban J connectivity index is 2.70. The second-order valence-corrected chi connectivity index (χ2v) is 4.78. The number of benzene rings is 1. The first-order valence-corrected chi connectivity index (χ1v) is 6.64. The fourth-order valence-corrected chi connectivity index (χ4v) is 1.84. The van der Waals surface area contributed by atoms with Gasteiger partial charge in [0.1, 0.15) is 0 Å². The lowest BCUT2D eigenvalue weighted by Gasteiger charge is -2.21. The predicted molar refractivity (Wildman–Crippen MR) is 79.6 cm³/mol. The number of ether oxygens (including phenoxy) is 2. The van der Waals surface area contributed by atoms with Crippen molar-refractivity contribution in [2.45, 2.75) is 19.8 Å². The average molecular weight is 288 g/mol. The maximum absolute atomic E-state index is 11.7. The van der Waals surface area contributed by atoms with E-state index in [2.05, 4.69) is 15.2 Å². The van der Waals surface area contributed by atoms with Crippen molar-refractivity contribution in [2.24, 2.45) is 5.41 Å². The summed E-state index contributed by atoms with van der Waals surface area (Å²) in [5.41, 5.74) is 2.81. The van der Waals surface area contributed by atoms with Crippen LogP contribution >= 0.6 is 0 Å². The molecule has 0 radical (unpaired) electrons. The number of hydrogen-bond acceptors (Lipinski definition) is 4. The van der Waals surface area contributed by atoms with Gasteiger partial charge in [-0.3, -0.25) is 9.59 Å². The normalized spacial score (nSPS) is 10.2. The number of hydrogen-bond donors (Lipinski definition) is 0. The van der Waals surface area contributed by atoms with E-state index in [1.165, 1.54) is 26.7 Å². The zero-order valence-electron chi connectivity index (χ0n) is 12.6. The first kappa shape index (κ1) is 16.7. The molecule has 0 unspecified atom stereocenters. The van der Waals surface area contributed by atoms with Gasteiger partial charge < -0.3 is 9.47 Å². The van der Waals surface area contributed by atoms with E-state index < -0.39 is 17.4 Å². The second kappa shape index (κ2) is 8.08. The molecule has 1 aromatic rings. The maximum Gasteiger partial charge on any atom is 0.323 e. The highest BCUT2D eigenvalue weighted by Crippen LogP contribution is 2.25. The molecule has 21 heavy (non-hydrogen) atoms. The standard InChI is InChI=1S/C17H20O4/c1-17(15(18)20-2,16(19)21-3)13-9-5-8-12-14-10-6-4-7-11-14/h4,6-11H,12-13H2,1-3H3. The zero-order chi connectivity index (χ0) is 15.7. The van der Waals surface area contributed by atoms with Gasteiger partial charge in [0.25, 0.3) is 0 Å². The fraction of sp³-hybridized carbons (Fsp3) is 0.353. The van der Waals surface area contributed by atoms with Crippen LogP contribution in [0.2, 0.25) is 0 Å². The van der Waals surface area contributed by atoms with E-state index in [1.54, 1.807) is 6.08 Å². The maximum atomic E-state index is 11.7. The highest BCUT2D eigenvalue weighted by atomic mass is 16.5. The summed E-state index contributed by atoms with van der Waals surface area (Å²) >= 11 is 0. The van der Waals surface area contributed by atoms with Crippen LogP contribution in [0.5, 0.6) is 0 Å². The van der Waals surface area contributed by atoms with E-state index >= 15 is 0 Å².